The van der Waals surface area contributed by atoms with Gasteiger partial charge in [0.1, 0.15) is 6.26 Å². The number of oxazole rings is 1. The summed E-state index contributed by atoms with van der Waals surface area (Å²) in [6, 6.07) is 8.68. The van der Waals surface area contributed by atoms with Crippen LogP contribution in [0.2, 0.25) is 0 Å². The van der Waals surface area contributed by atoms with Crippen LogP contribution >= 0.6 is 0 Å². The van der Waals surface area contributed by atoms with Gasteiger partial charge in [-0.1, -0.05) is 0 Å². The maximum atomic E-state index is 10.6. The highest BCUT2D eigenvalue weighted by molar-refractivity contribution is 5.85. The number of nitriles is 1. The molecule has 1 aromatic carbocycles. The van der Waals surface area contributed by atoms with Gasteiger partial charge >= 0.3 is 5.97 Å². The number of aromatic nitrogens is 1. The fourth-order valence-corrected chi connectivity index (χ4v) is 1.18. The van der Waals surface area contributed by atoms with E-state index in [1.807, 2.05) is 6.07 Å². The zero-order valence-corrected chi connectivity index (χ0v) is 8.54. The standard InChI is InChI=1S/C11H7N3O3/c12-5-7-1-3-8(4-2-7)13-11-14-9(6-17-11)10(15)16/h1-4,6H,(H,13,14)(H,15,16). The van der Waals surface area contributed by atoms with E-state index in [1.54, 1.807) is 24.3 Å². The molecule has 1 aromatic heterocycles. The van der Waals surface area contributed by atoms with Crippen LogP contribution in [0.15, 0.2) is 34.9 Å². The number of hydrogen-bond donors (Lipinski definition) is 2. The summed E-state index contributed by atoms with van der Waals surface area (Å²) in [7, 11) is 0. The van der Waals surface area contributed by atoms with Gasteiger partial charge in [0.2, 0.25) is 0 Å². The molecule has 0 aliphatic heterocycles. The third kappa shape index (κ3) is 2.41. The van der Waals surface area contributed by atoms with E-state index in [1.165, 1.54) is 0 Å². The lowest BCUT2D eigenvalue weighted by atomic mass is 10.2. The van der Waals surface area contributed by atoms with Gasteiger partial charge in [0.25, 0.3) is 6.01 Å². The number of aromatic carboxylic acids is 1. The molecule has 0 fully saturated rings. The molecule has 6 nitrogen and oxygen atoms in total. The number of carbonyl (C=O) groups is 1. The average Bonchev–Trinajstić information content (AvgIpc) is 2.79. The highest BCUT2D eigenvalue weighted by Crippen LogP contribution is 2.16. The predicted octanol–water partition coefficient (Wildman–Crippen LogP) is 1.99. The molecular weight excluding hydrogens is 222 g/mol. The van der Waals surface area contributed by atoms with Crippen LogP contribution in [0.4, 0.5) is 11.7 Å². The van der Waals surface area contributed by atoms with Gasteiger partial charge in [0.15, 0.2) is 5.69 Å². The van der Waals surface area contributed by atoms with E-state index in [4.69, 9.17) is 14.8 Å². The van der Waals surface area contributed by atoms with E-state index in [9.17, 15) is 4.79 Å². The van der Waals surface area contributed by atoms with Gasteiger partial charge in [-0.25, -0.2) is 4.79 Å². The molecule has 0 aliphatic rings. The molecule has 0 saturated heterocycles. The lowest BCUT2D eigenvalue weighted by Gasteiger charge is -2.00. The van der Waals surface area contributed by atoms with Gasteiger partial charge < -0.3 is 14.8 Å². The summed E-state index contributed by atoms with van der Waals surface area (Å²) in [6.45, 7) is 0. The summed E-state index contributed by atoms with van der Waals surface area (Å²) in [5.41, 5.74) is 1.03. The maximum Gasteiger partial charge on any atom is 0.357 e. The molecule has 2 rings (SSSR count). The van der Waals surface area contributed by atoms with Crippen LogP contribution in [-0.4, -0.2) is 16.1 Å². The normalized spacial score (nSPS) is 9.59. The van der Waals surface area contributed by atoms with Crippen LogP contribution in [0.1, 0.15) is 16.1 Å². The van der Waals surface area contributed by atoms with Crippen molar-refractivity contribution < 1.29 is 14.3 Å². The third-order valence-electron chi connectivity index (χ3n) is 1.99. The van der Waals surface area contributed by atoms with E-state index in [0.29, 0.717) is 11.3 Å². The molecule has 0 atom stereocenters. The van der Waals surface area contributed by atoms with Crippen LogP contribution < -0.4 is 5.32 Å². The minimum absolute atomic E-state index is 0.0899. The van der Waals surface area contributed by atoms with Crippen molar-refractivity contribution in [3.63, 3.8) is 0 Å². The molecular formula is C11H7N3O3. The van der Waals surface area contributed by atoms with Crippen molar-refractivity contribution in [2.45, 2.75) is 0 Å². The molecule has 0 saturated carbocycles. The first-order valence-corrected chi connectivity index (χ1v) is 4.65. The number of anilines is 2. The fourth-order valence-electron chi connectivity index (χ4n) is 1.18. The van der Waals surface area contributed by atoms with Crippen LogP contribution in [0, 0.1) is 11.3 Å². The summed E-state index contributed by atoms with van der Waals surface area (Å²) < 4.78 is 4.92. The number of rotatable bonds is 3. The lowest BCUT2D eigenvalue weighted by molar-refractivity contribution is 0.0690. The summed E-state index contributed by atoms with van der Waals surface area (Å²) in [4.78, 5) is 14.3. The quantitative estimate of drug-likeness (QED) is 0.834. The van der Waals surface area contributed by atoms with E-state index < -0.39 is 5.97 Å². The second-order valence-corrected chi connectivity index (χ2v) is 3.16. The molecule has 0 amide bonds. The van der Waals surface area contributed by atoms with Crippen LogP contribution in [-0.2, 0) is 0 Å². The summed E-state index contributed by atoms with van der Waals surface area (Å²) in [6.07, 6.45) is 1.05. The number of benzene rings is 1. The minimum Gasteiger partial charge on any atom is -0.476 e. The Morgan fingerprint density at radius 2 is 2.12 bits per heavy atom. The average molecular weight is 229 g/mol. The zero-order valence-electron chi connectivity index (χ0n) is 8.54. The fraction of sp³-hybridized carbons (Fsp3) is 0. The van der Waals surface area contributed by atoms with Crippen LogP contribution in [0.25, 0.3) is 0 Å². The van der Waals surface area contributed by atoms with Crippen molar-refractivity contribution in [1.29, 1.82) is 5.26 Å². The first kappa shape index (κ1) is 10.7. The SMILES string of the molecule is N#Cc1ccc(Nc2nc(C(=O)O)co2)cc1. The van der Waals surface area contributed by atoms with Crippen LogP contribution in [0.3, 0.4) is 0 Å². The number of nitrogens with one attached hydrogen (secondary N) is 1. The molecule has 0 spiro atoms. The second kappa shape index (κ2) is 4.37. The first-order chi connectivity index (χ1) is 8.19. The Kier molecular flexibility index (Phi) is 2.75. The second-order valence-electron chi connectivity index (χ2n) is 3.16. The first-order valence-electron chi connectivity index (χ1n) is 4.65. The monoisotopic (exact) mass is 229 g/mol. The molecule has 0 bridgehead atoms. The molecule has 1 heterocycles. The van der Waals surface area contributed by atoms with E-state index in [2.05, 4.69) is 10.3 Å². The minimum atomic E-state index is -1.15. The number of carboxylic acids is 1. The smallest absolute Gasteiger partial charge is 0.357 e. The number of carboxylic acid groups (broad SMARTS) is 1. The van der Waals surface area contributed by atoms with Gasteiger partial charge in [-0.05, 0) is 24.3 Å². The van der Waals surface area contributed by atoms with Gasteiger partial charge in [-0.2, -0.15) is 10.2 Å². The van der Waals surface area contributed by atoms with Gasteiger partial charge in [-0.3, -0.25) is 0 Å². The Labute approximate surface area is 96.1 Å². The van der Waals surface area contributed by atoms with Gasteiger partial charge in [0.05, 0.1) is 11.6 Å². The van der Waals surface area contributed by atoms with E-state index in [-0.39, 0.29) is 11.7 Å². The topological polar surface area (TPSA) is 99.2 Å². The summed E-state index contributed by atoms with van der Waals surface area (Å²) in [5.74, 6) is -1.15. The Morgan fingerprint density at radius 1 is 1.41 bits per heavy atom. The molecule has 84 valence electrons. The Hall–Kier alpha value is -2.81. The highest BCUT2D eigenvalue weighted by atomic mass is 16.4. The molecule has 0 aliphatic carbocycles. The predicted molar refractivity (Wildman–Crippen MR) is 57.9 cm³/mol. The van der Waals surface area contributed by atoms with Crippen molar-refractivity contribution in [1.82, 2.24) is 4.98 Å². The van der Waals surface area contributed by atoms with Crippen LogP contribution in [0.5, 0.6) is 0 Å². The highest BCUT2D eigenvalue weighted by Gasteiger charge is 2.10. The van der Waals surface area contributed by atoms with E-state index >= 15 is 0 Å². The van der Waals surface area contributed by atoms with Crippen molar-refractivity contribution in [2.24, 2.45) is 0 Å². The van der Waals surface area contributed by atoms with Crippen molar-refractivity contribution in [3.05, 3.63) is 41.8 Å². The lowest BCUT2D eigenvalue weighted by Crippen LogP contribution is -1.97. The number of hydrogen-bond acceptors (Lipinski definition) is 5. The molecule has 0 unspecified atom stereocenters. The number of nitrogens with zero attached hydrogens (tertiary/aromatic N) is 2. The largest absolute Gasteiger partial charge is 0.476 e. The Morgan fingerprint density at radius 3 is 2.65 bits per heavy atom. The molecule has 0 radical (unpaired) electrons. The maximum absolute atomic E-state index is 10.6. The molecule has 2 N–H and O–H groups in total. The van der Waals surface area contributed by atoms with Gasteiger partial charge in [-0.15, -0.1) is 0 Å². The Balaban J connectivity index is 2.14. The third-order valence-corrected chi connectivity index (χ3v) is 1.99. The van der Waals surface area contributed by atoms with E-state index in [0.717, 1.165) is 6.26 Å². The van der Waals surface area contributed by atoms with Crippen molar-refractivity contribution in [2.75, 3.05) is 5.32 Å². The molecule has 17 heavy (non-hydrogen) atoms. The van der Waals surface area contributed by atoms with Gasteiger partial charge in [0, 0.05) is 5.69 Å². The van der Waals surface area contributed by atoms with Crippen molar-refractivity contribution >= 4 is 17.7 Å². The zero-order chi connectivity index (χ0) is 12.3. The summed E-state index contributed by atoms with van der Waals surface area (Å²) in [5, 5.41) is 20.0. The summed E-state index contributed by atoms with van der Waals surface area (Å²) >= 11 is 0. The Bertz CT molecular complexity index is 581. The molecule has 2 aromatic rings. The molecule has 6 heteroatoms. The van der Waals surface area contributed by atoms with Crippen molar-refractivity contribution in [3.8, 4) is 6.07 Å².